The minimum atomic E-state index is -4.56. The topological polar surface area (TPSA) is 114 Å². The van der Waals surface area contributed by atoms with Crippen LogP contribution in [0.15, 0.2) is 47.6 Å². The van der Waals surface area contributed by atoms with Crippen molar-refractivity contribution in [3.63, 3.8) is 0 Å². The molecule has 2 aromatic rings. The van der Waals surface area contributed by atoms with Gasteiger partial charge in [-0.05, 0) is 25.1 Å². The molecule has 0 heterocycles. The van der Waals surface area contributed by atoms with Gasteiger partial charge in [-0.2, -0.15) is 18.3 Å². The second kappa shape index (κ2) is 8.95. The minimum Gasteiger partial charge on any atom is -0.326 e. The van der Waals surface area contributed by atoms with Crippen molar-refractivity contribution >= 4 is 29.4 Å². The molecular weight excluding hydrogens is 393 g/mol. The molecule has 0 fully saturated rings. The Morgan fingerprint density at radius 2 is 1.90 bits per heavy atom. The first-order valence-corrected chi connectivity index (χ1v) is 8.10. The van der Waals surface area contributed by atoms with Gasteiger partial charge in [-0.25, -0.2) is 5.43 Å². The summed E-state index contributed by atoms with van der Waals surface area (Å²) < 4.78 is 38.0. The summed E-state index contributed by atoms with van der Waals surface area (Å²) in [5.74, 6) is -1.64. The SMILES string of the molecule is Cc1ccc(C=NNC(=O)CC(=O)Nc2cccc(C(F)(F)F)c2)cc1[N+](=O)[O-]. The fraction of sp³-hybridized carbons (Fsp3) is 0.167. The first kappa shape index (κ1) is 21.5. The van der Waals surface area contributed by atoms with Gasteiger partial charge in [0, 0.05) is 22.9 Å². The van der Waals surface area contributed by atoms with E-state index >= 15 is 0 Å². The minimum absolute atomic E-state index is 0.104. The Bertz CT molecular complexity index is 974. The van der Waals surface area contributed by atoms with Crippen molar-refractivity contribution in [1.82, 2.24) is 5.43 Å². The highest BCUT2D eigenvalue weighted by atomic mass is 19.4. The summed E-state index contributed by atoms with van der Waals surface area (Å²) in [4.78, 5) is 33.8. The van der Waals surface area contributed by atoms with Crippen molar-refractivity contribution in [2.24, 2.45) is 5.10 Å². The summed E-state index contributed by atoms with van der Waals surface area (Å²) >= 11 is 0. The van der Waals surface area contributed by atoms with Crippen LogP contribution in [0.5, 0.6) is 0 Å². The Labute approximate surface area is 162 Å². The number of carbonyl (C=O) groups excluding carboxylic acids is 2. The number of amides is 2. The number of benzene rings is 2. The number of nitro groups is 1. The number of alkyl halides is 3. The normalized spacial score (nSPS) is 11.3. The van der Waals surface area contributed by atoms with Gasteiger partial charge < -0.3 is 5.32 Å². The Hall–Kier alpha value is -3.76. The smallest absolute Gasteiger partial charge is 0.326 e. The van der Waals surface area contributed by atoms with Crippen LogP contribution < -0.4 is 10.7 Å². The van der Waals surface area contributed by atoms with Gasteiger partial charge in [0.2, 0.25) is 11.8 Å². The number of aryl methyl sites for hydroxylation is 1. The molecule has 0 aliphatic rings. The van der Waals surface area contributed by atoms with E-state index in [-0.39, 0.29) is 11.4 Å². The predicted molar refractivity (Wildman–Crippen MR) is 98.3 cm³/mol. The van der Waals surface area contributed by atoms with Crippen LogP contribution in [0, 0.1) is 17.0 Å². The number of rotatable bonds is 6. The predicted octanol–water partition coefficient (Wildman–Crippen LogP) is 3.40. The quantitative estimate of drug-likeness (QED) is 0.330. The molecule has 0 spiro atoms. The van der Waals surface area contributed by atoms with Gasteiger partial charge in [0.25, 0.3) is 5.69 Å². The number of hydrazone groups is 1. The highest BCUT2D eigenvalue weighted by Gasteiger charge is 2.30. The fourth-order valence-corrected chi connectivity index (χ4v) is 2.25. The number of hydrogen-bond acceptors (Lipinski definition) is 5. The van der Waals surface area contributed by atoms with Crippen molar-refractivity contribution in [1.29, 1.82) is 0 Å². The van der Waals surface area contributed by atoms with E-state index in [1.165, 1.54) is 18.2 Å². The second-order valence-electron chi connectivity index (χ2n) is 5.90. The summed E-state index contributed by atoms with van der Waals surface area (Å²) in [5.41, 5.74) is 1.74. The Morgan fingerprint density at radius 3 is 2.55 bits per heavy atom. The van der Waals surface area contributed by atoms with Crippen LogP contribution in [-0.2, 0) is 15.8 Å². The Morgan fingerprint density at radius 1 is 1.17 bits per heavy atom. The summed E-state index contributed by atoms with van der Waals surface area (Å²) in [6.45, 7) is 1.57. The highest BCUT2D eigenvalue weighted by Crippen LogP contribution is 2.30. The number of nitrogens with one attached hydrogen (secondary N) is 2. The fourth-order valence-electron chi connectivity index (χ4n) is 2.25. The average Bonchev–Trinajstić information content (AvgIpc) is 2.62. The second-order valence-corrected chi connectivity index (χ2v) is 5.90. The zero-order chi connectivity index (χ0) is 21.6. The van der Waals surface area contributed by atoms with Crippen LogP contribution >= 0.6 is 0 Å². The number of anilines is 1. The zero-order valence-electron chi connectivity index (χ0n) is 15.0. The van der Waals surface area contributed by atoms with E-state index in [2.05, 4.69) is 15.8 Å². The van der Waals surface area contributed by atoms with E-state index in [1.807, 2.05) is 0 Å². The molecule has 0 atom stereocenters. The summed E-state index contributed by atoms with van der Waals surface area (Å²) in [6.07, 6.45) is -4.07. The molecule has 2 amide bonds. The molecule has 152 valence electrons. The third kappa shape index (κ3) is 6.41. The molecule has 0 aliphatic carbocycles. The standard InChI is InChI=1S/C18H15F3N4O4/c1-11-5-6-12(7-15(11)25(28)29)10-22-24-17(27)9-16(26)23-14-4-2-3-13(8-14)18(19,20)21/h2-8,10H,9H2,1H3,(H,23,26)(H,24,27). The van der Waals surface area contributed by atoms with Gasteiger partial charge in [-0.3, -0.25) is 19.7 Å². The summed E-state index contributed by atoms with van der Waals surface area (Å²) in [7, 11) is 0. The Kier molecular flexibility index (Phi) is 6.65. The molecule has 29 heavy (non-hydrogen) atoms. The van der Waals surface area contributed by atoms with Crippen LogP contribution in [-0.4, -0.2) is 23.0 Å². The lowest BCUT2D eigenvalue weighted by molar-refractivity contribution is -0.385. The molecule has 2 aromatic carbocycles. The van der Waals surface area contributed by atoms with Gasteiger partial charge in [0.15, 0.2) is 0 Å². The first-order chi connectivity index (χ1) is 13.6. The molecule has 0 bridgehead atoms. The lowest BCUT2D eigenvalue weighted by atomic mass is 10.1. The zero-order valence-corrected chi connectivity index (χ0v) is 15.0. The van der Waals surface area contributed by atoms with Gasteiger partial charge in [-0.15, -0.1) is 0 Å². The van der Waals surface area contributed by atoms with Gasteiger partial charge in [-0.1, -0.05) is 18.2 Å². The van der Waals surface area contributed by atoms with Crippen molar-refractivity contribution in [3.05, 3.63) is 69.3 Å². The molecule has 0 unspecified atom stereocenters. The van der Waals surface area contributed by atoms with Crippen molar-refractivity contribution in [3.8, 4) is 0 Å². The molecule has 11 heteroatoms. The van der Waals surface area contributed by atoms with Crippen molar-refractivity contribution < 1.29 is 27.7 Å². The van der Waals surface area contributed by atoms with Gasteiger partial charge in [0.05, 0.1) is 16.7 Å². The molecule has 0 saturated heterocycles. The molecule has 0 aromatic heterocycles. The Balaban J connectivity index is 1.91. The number of hydrogen-bond donors (Lipinski definition) is 2. The third-order valence-electron chi connectivity index (χ3n) is 3.63. The van der Waals surface area contributed by atoms with E-state index in [0.717, 1.165) is 24.4 Å². The number of nitrogens with zero attached hydrogens (tertiary/aromatic N) is 2. The molecule has 2 N–H and O–H groups in total. The van der Waals surface area contributed by atoms with E-state index in [4.69, 9.17) is 0 Å². The van der Waals surface area contributed by atoms with Crippen LogP contribution in [0.3, 0.4) is 0 Å². The lowest BCUT2D eigenvalue weighted by Gasteiger charge is -2.09. The molecule has 0 aliphatic heterocycles. The van der Waals surface area contributed by atoms with E-state index in [0.29, 0.717) is 11.1 Å². The van der Waals surface area contributed by atoms with E-state index in [1.54, 1.807) is 13.0 Å². The third-order valence-corrected chi connectivity index (χ3v) is 3.63. The number of nitro benzene ring substituents is 1. The molecule has 2 rings (SSSR count). The average molecular weight is 408 g/mol. The van der Waals surface area contributed by atoms with Crippen LogP contribution in [0.4, 0.5) is 24.5 Å². The molecule has 0 radical (unpaired) electrons. The maximum absolute atomic E-state index is 12.7. The number of carbonyl (C=O) groups is 2. The molecule has 8 nitrogen and oxygen atoms in total. The summed E-state index contributed by atoms with van der Waals surface area (Å²) in [5, 5.41) is 16.7. The maximum atomic E-state index is 12.7. The molecular formula is C18H15F3N4O4. The monoisotopic (exact) mass is 408 g/mol. The van der Waals surface area contributed by atoms with Crippen LogP contribution in [0.1, 0.15) is 23.1 Å². The summed E-state index contributed by atoms with van der Waals surface area (Å²) in [6, 6.07) is 8.33. The lowest BCUT2D eigenvalue weighted by Crippen LogP contribution is -2.24. The molecule has 0 saturated carbocycles. The number of halogens is 3. The first-order valence-electron chi connectivity index (χ1n) is 8.10. The van der Waals surface area contributed by atoms with Crippen LogP contribution in [0.2, 0.25) is 0 Å². The van der Waals surface area contributed by atoms with Gasteiger partial charge >= 0.3 is 6.18 Å². The van der Waals surface area contributed by atoms with Crippen LogP contribution in [0.25, 0.3) is 0 Å². The highest BCUT2D eigenvalue weighted by molar-refractivity contribution is 6.03. The largest absolute Gasteiger partial charge is 0.416 e. The maximum Gasteiger partial charge on any atom is 0.416 e. The van der Waals surface area contributed by atoms with E-state index < -0.39 is 34.9 Å². The van der Waals surface area contributed by atoms with E-state index in [9.17, 15) is 32.9 Å². The van der Waals surface area contributed by atoms with Gasteiger partial charge in [0.1, 0.15) is 6.42 Å². The van der Waals surface area contributed by atoms with Crippen molar-refractivity contribution in [2.45, 2.75) is 19.5 Å². The van der Waals surface area contributed by atoms with Crippen molar-refractivity contribution in [2.75, 3.05) is 5.32 Å².